The van der Waals surface area contributed by atoms with Crippen molar-refractivity contribution in [1.82, 2.24) is 15.3 Å². The van der Waals surface area contributed by atoms with Gasteiger partial charge in [0.25, 0.3) is 0 Å². The monoisotopic (exact) mass is 345 g/mol. The molecule has 2 rings (SSSR count). The highest BCUT2D eigenvalue weighted by Crippen LogP contribution is 2.29. The van der Waals surface area contributed by atoms with Gasteiger partial charge in [0.15, 0.2) is 0 Å². The van der Waals surface area contributed by atoms with Crippen LogP contribution in [0.2, 0.25) is 0 Å². The highest BCUT2D eigenvalue weighted by atomic mass is 32.2. The lowest BCUT2D eigenvalue weighted by Gasteiger charge is -2.06. The second-order valence-electron chi connectivity index (χ2n) is 4.70. The Labute approximate surface area is 134 Å². The minimum Gasteiger partial charge on any atom is -0.444 e. The number of rotatable bonds is 5. The number of nitrogens with zero attached hydrogens (tertiary/aromatic N) is 2. The molecule has 1 amide bonds. The number of oxazole rings is 1. The first-order valence-electron chi connectivity index (χ1n) is 6.61. The highest BCUT2D eigenvalue weighted by Gasteiger charge is 2.30. The van der Waals surface area contributed by atoms with Crippen molar-refractivity contribution in [2.75, 3.05) is 5.75 Å². The predicted molar refractivity (Wildman–Crippen MR) is 77.8 cm³/mol. The first-order chi connectivity index (χ1) is 10.8. The van der Waals surface area contributed by atoms with Gasteiger partial charge in [0, 0.05) is 6.20 Å². The van der Waals surface area contributed by atoms with Crippen LogP contribution < -0.4 is 5.32 Å². The maximum atomic E-state index is 12.4. The first kappa shape index (κ1) is 17.3. The van der Waals surface area contributed by atoms with Crippen LogP contribution in [0.1, 0.15) is 22.9 Å². The second-order valence-corrected chi connectivity index (χ2v) is 5.69. The minimum absolute atomic E-state index is 0.0387. The van der Waals surface area contributed by atoms with Crippen LogP contribution in [0.5, 0.6) is 0 Å². The van der Waals surface area contributed by atoms with Crippen molar-refractivity contribution in [2.24, 2.45) is 0 Å². The number of aromatic nitrogens is 2. The Morgan fingerprint density at radius 1 is 1.35 bits per heavy atom. The van der Waals surface area contributed by atoms with Crippen molar-refractivity contribution in [3.8, 4) is 0 Å². The van der Waals surface area contributed by atoms with Crippen LogP contribution in [0.3, 0.4) is 0 Å². The summed E-state index contributed by atoms with van der Waals surface area (Å²) in [7, 11) is 0. The third-order valence-electron chi connectivity index (χ3n) is 2.92. The average molecular weight is 345 g/mol. The zero-order chi connectivity index (χ0) is 17.0. The minimum atomic E-state index is -4.42. The lowest BCUT2D eigenvalue weighted by Crippen LogP contribution is -2.24. The molecule has 2 aromatic heterocycles. The Bertz CT molecular complexity index is 664. The molecule has 5 nitrogen and oxygen atoms in total. The van der Waals surface area contributed by atoms with Gasteiger partial charge in [-0.3, -0.25) is 4.79 Å². The van der Waals surface area contributed by atoms with Crippen molar-refractivity contribution in [2.45, 2.75) is 31.6 Å². The fourth-order valence-electron chi connectivity index (χ4n) is 1.61. The quantitative estimate of drug-likeness (QED) is 0.844. The smallest absolute Gasteiger partial charge is 0.417 e. The topological polar surface area (TPSA) is 68.0 Å². The Kier molecular flexibility index (Phi) is 5.30. The molecule has 2 aromatic rings. The molecule has 0 saturated carbocycles. The molecular formula is C14H14F3N3O2S. The predicted octanol–water partition coefficient (Wildman–Crippen LogP) is 3.11. The van der Waals surface area contributed by atoms with Gasteiger partial charge in [0.05, 0.1) is 28.6 Å². The van der Waals surface area contributed by atoms with E-state index < -0.39 is 11.7 Å². The molecule has 0 unspecified atom stereocenters. The molecule has 0 fully saturated rings. The van der Waals surface area contributed by atoms with Gasteiger partial charge in [0.1, 0.15) is 5.76 Å². The van der Waals surface area contributed by atoms with E-state index in [4.69, 9.17) is 4.42 Å². The number of halogens is 3. The van der Waals surface area contributed by atoms with Crippen LogP contribution in [0, 0.1) is 13.8 Å². The summed E-state index contributed by atoms with van der Waals surface area (Å²) in [5, 5.41) is 2.97. The summed E-state index contributed by atoms with van der Waals surface area (Å²) < 4.78 is 42.5. The summed E-state index contributed by atoms with van der Waals surface area (Å²) in [6, 6.07) is 2.17. The summed E-state index contributed by atoms with van der Waals surface area (Å²) in [4.78, 5) is 19.5. The molecule has 124 valence electrons. The van der Waals surface area contributed by atoms with Crippen LogP contribution in [-0.4, -0.2) is 21.6 Å². The molecule has 23 heavy (non-hydrogen) atoms. The Balaban J connectivity index is 1.80. The number of hydrogen-bond donors (Lipinski definition) is 1. The van der Waals surface area contributed by atoms with Crippen molar-refractivity contribution in [3.05, 3.63) is 41.2 Å². The number of carbonyl (C=O) groups is 1. The summed E-state index contributed by atoms with van der Waals surface area (Å²) in [6.45, 7) is 3.74. The number of alkyl halides is 3. The zero-order valence-electron chi connectivity index (χ0n) is 12.4. The molecule has 0 atom stereocenters. The highest BCUT2D eigenvalue weighted by molar-refractivity contribution is 7.99. The van der Waals surface area contributed by atoms with Gasteiger partial charge >= 0.3 is 6.18 Å². The number of carbonyl (C=O) groups excluding carboxylic acids is 1. The summed E-state index contributed by atoms with van der Waals surface area (Å²) in [5.41, 5.74) is -0.0569. The van der Waals surface area contributed by atoms with Crippen LogP contribution in [0.15, 0.2) is 27.8 Å². The molecule has 0 spiro atoms. The number of hydrogen-bond acceptors (Lipinski definition) is 5. The molecule has 0 saturated heterocycles. The number of aryl methyl sites for hydroxylation is 2. The van der Waals surface area contributed by atoms with Gasteiger partial charge < -0.3 is 9.73 Å². The van der Waals surface area contributed by atoms with E-state index in [0.717, 1.165) is 29.7 Å². The maximum absolute atomic E-state index is 12.4. The van der Waals surface area contributed by atoms with Crippen LogP contribution >= 0.6 is 11.8 Å². The molecule has 0 aliphatic rings. The van der Waals surface area contributed by atoms with E-state index in [1.807, 2.05) is 0 Å². The van der Waals surface area contributed by atoms with Gasteiger partial charge in [-0.15, -0.1) is 0 Å². The number of thioether (sulfide) groups is 1. The van der Waals surface area contributed by atoms with E-state index >= 15 is 0 Å². The fourth-order valence-corrected chi connectivity index (χ4v) is 2.29. The summed E-state index contributed by atoms with van der Waals surface area (Å²) >= 11 is 1.05. The average Bonchev–Trinajstić information content (AvgIpc) is 2.81. The Morgan fingerprint density at radius 3 is 2.61 bits per heavy atom. The molecule has 2 heterocycles. The van der Waals surface area contributed by atoms with Crippen molar-refractivity contribution < 1.29 is 22.4 Å². The lowest BCUT2D eigenvalue weighted by molar-refractivity contribution is -0.137. The van der Waals surface area contributed by atoms with Gasteiger partial charge in [-0.25, -0.2) is 9.97 Å². The summed E-state index contributed by atoms with van der Waals surface area (Å²) in [5.74, 6) is 0.852. The van der Waals surface area contributed by atoms with Gasteiger partial charge in [-0.1, -0.05) is 11.8 Å². The molecule has 0 aliphatic carbocycles. The van der Waals surface area contributed by atoms with E-state index in [0.29, 0.717) is 16.7 Å². The molecular weight excluding hydrogens is 331 g/mol. The molecule has 0 aromatic carbocycles. The van der Waals surface area contributed by atoms with E-state index in [9.17, 15) is 18.0 Å². The first-order valence-corrected chi connectivity index (χ1v) is 7.60. The van der Waals surface area contributed by atoms with Crippen molar-refractivity contribution >= 4 is 17.7 Å². The molecule has 1 N–H and O–H groups in total. The molecule has 9 heteroatoms. The zero-order valence-corrected chi connectivity index (χ0v) is 13.2. The SMILES string of the molecule is Cc1nc(CNC(=O)CSc2ccc(C(F)(F)F)cn2)oc1C. The molecule has 0 aliphatic heterocycles. The van der Waals surface area contributed by atoms with Gasteiger partial charge in [-0.05, 0) is 26.0 Å². The van der Waals surface area contributed by atoms with E-state index in [1.165, 1.54) is 6.07 Å². The van der Waals surface area contributed by atoms with E-state index in [-0.39, 0.29) is 18.2 Å². The largest absolute Gasteiger partial charge is 0.444 e. The maximum Gasteiger partial charge on any atom is 0.417 e. The summed E-state index contributed by atoms with van der Waals surface area (Å²) in [6.07, 6.45) is -3.67. The lowest BCUT2D eigenvalue weighted by atomic mass is 10.3. The second kappa shape index (κ2) is 7.03. The third kappa shape index (κ3) is 4.98. The Morgan fingerprint density at radius 2 is 2.09 bits per heavy atom. The standard InChI is InChI=1S/C14H14F3N3O2S/c1-8-9(2)22-12(20-8)6-18-11(21)7-23-13-4-3-10(5-19-13)14(15,16)17/h3-5H,6-7H2,1-2H3,(H,18,21). The number of pyridine rings is 1. The number of amides is 1. The van der Waals surface area contributed by atoms with E-state index in [1.54, 1.807) is 13.8 Å². The van der Waals surface area contributed by atoms with Gasteiger partial charge in [0.2, 0.25) is 11.8 Å². The van der Waals surface area contributed by atoms with E-state index in [2.05, 4.69) is 15.3 Å². The van der Waals surface area contributed by atoms with Crippen LogP contribution in [0.4, 0.5) is 13.2 Å². The van der Waals surface area contributed by atoms with Crippen LogP contribution in [0.25, 0.3) is 0 Å². The Hall–Kier alpha value is -2.03. The molecule has 0 bridgehead atoms. The fraction of sp³-hybridized carbons (Fsp3) is 0.357. The number of nitrogens with one attached hydrogen (secondary N) is 1. The molecule has 0 radical (unpaired) electrons. The van der Waals surface area contributed by atoms with Gasteiger partial charge in [-0.2, -0.15) is 13.2 Å². The normalized spacial score (nSPS) is 11.5. The van der Waals surface area contributed by atoms with Crippen LogP contribution in [-0.2, 0) is 17.5 Å². The van der Waals surface area contributed by atoms with Crippen molar-refractivity contribution in [3.63, 3.8) is 0 Å². The van der Waals surface area contributed by atoms with Crippen molar-refractivity contribution in [1.29, 1.82) is 0 Å². The third-order valence-corrected chi connectivity index (χ3v) is 3.87.